The molecule has 1 aromatic heterocycles. The molecule has 0 bridgehead atoms. The first-order chi connectivity index (χ1) is 16.9. The number of carbonyl (C=O) groups is 3. The summed E-state index contributed by atoms with van der Waals surface area (Å²) >= 11 is 0. The van der Waals surface area contributed by atoms with E-state index < -0.39 is 23.7 Å². The number of rotatable bonds is 5. The van der Waals surface area contributed by atoms with Crippen LogP contribution in [0, 0.1) is 0 Å². The lowest BCUT2D eigenvalue weighted by molar-refractivity contribution is -0.140. The Bertz CT molecular complexity index is 1340. The van der Waals surface area contributed by atoms with Gasteiger partial charge in [0.15, 0.2) is 0 Å². The van der Waals surface area contributed by atoms with Crippen molar-refractivity contribution in [1.82, 2.24) is 4.90 Å². The quantitative estimate of drug-likeness (QED) is 0.258. The number of Topliss-reactive ketones (excluding diaryl/α,β-unsaturated/α-hetero) is 1. The second-order valence-corrected chi connectivity index (χ2v) is 8.58. The highest BCUT2D eigenvalue weighted by Gasteiger charge is 2.46. The number of amides is 1. The Morgan fingerprint density at radius 3 is 2.54 bits per heavy atom. The Labute approximate surface area is 201 Å². The van der Waals surface area contributed by atoms with Gasteiger partial charge in [-0.3, -0.25) is 9.59 Å². The SMILES string of the molecule is COC(=O)c1ccc(C2/C(=C(\O)c3ccc4c(c3)CC(C)O4)C(=O)C(=O)N2Cc2ccco2)cc1. The van der Waals surface area contributed by atoms with Gasteiger partial charge >= 0.3 is 5.97 Å². The number of ether oxygens (including phenoxy) is 2. The Morgan fingerprint density at radius 1 is 1.11 bits per heavy atom. The van der Waals surface area contributed by atoms with Gasteiger partial charge in [-0.1, -0.05) is 12.1 Å². The maximum absolute atomic E-state index is 13.2. The third kappa shape index (κ3) is 3.97. The van der Waals surface area contributed by atoms with Crippen molar-refractivity contribution in [2.24, 2.45) is 0 Å². The molecule has 0 saturated carbocycles. The van der Waals surface area contributed by atoms with E-state index in [2.05, 4.69) is 0 Å². The zero-order chi connectivity index (χ0) is 24.7. The number of esters is 1. The van der Waals surface area contributed by atoms with Crippen LogP contribution in [0.5, 0.6) is 5.75 Å². The van der Waals surface area contributed by atoms with Gasteiger partial charge in [-0.05, 0) is 60.5 Å². The third-order valence-corrected chi connectivity index (χ3v) is 6.26. The predicted molar refractivity (Wildman–Crippen MR) is 125 cm³/mol. The summed E-state index contributed by atoms with van der Waals surface area (Å²) in [6.07, 6.45) is 2.19. The van der Waals surface area contributed by atoms with E-state index in [0.29, 0.717) is 28.9 Å². The Kier molecular flexibility index (Phi) is 5.64. The molecule has 3 heterocycles. The number of benzene rings is 2. The molecule has 0 radical (unpaired) electrons. The van der Waals surface area contributed by atoms with E-state index in [1.165, 1.54) is 18.3 Å². The fourth-order valence-corrected chi connectivity index (χ4v) is 4.60. The minimum absolute atomic E-state index is 0.0228. The normalized spacial score (nSPS) is 20.6. The first-order valence-corrected chi connectivity index (χ1v) is 11.2. The van der Waals surface area contributed by atoms with Crippen molar-refractivity contribution in [3.8, 4) is 5.75 Å². The minimum atomic E-state index is -0.879. The molecule has 2 aliphatic heterocycles. The summed E-state index contributed by atoms with van der Waals surface area (Å²) in [5, 5.41) is 11.3. The fraction of sp³-hybridized carbons (Fsp3) is 0.222. The van der Waals surface area contributed by atoms with Crippen LogP contribution < -0.4 is 4.74 Å². The number of methoxy groups -OCH3 is 1. The number of ketones is 1. The average Bonchev–Trinajstić information content (AvgIpc) is 3.57. The number of hydrogen-bond acceptors (Lipinski definition) is 7. The van der Waals surface area contributed by atoms with Crippen molar-refractivity contribution < 1.29 is 33.4 Å². The van der Waals surface area contributed by atoms with Crippen LogP contribution in [0.2, 0.25) is 0 Å². The number of furan rings is 1. The molecule has 35 heavy (non-hydrogen) atoms. The largest absolute Gasteiger partial charge is 0.507 e. The van der Waals surface area contributed by atoms with E-state index >= 15 is 0 Å². The Hall–Kier alpha value is -4.33. The fourth-order valence-electron chi connectivity index (χ4n) is 4.60. The lowest BCUT2D eigenvalue weighted by Crippen LogP contribution is -2.29. The van der Waals surface area contributed by atoms with Crippen LogP contribution >= 0.6 is 0 Å². The van der Waals surface area contributed by atoms with Crippen molar-refractivity contribution in [3.05, 3.63) is 94.4 Å². The van der Waals surface area contributed by atoms with Crippen LogP contribution in [0.3, 0.4) is 0 Å². The van der Waals surface area contributed by atoms with Crippen LogP contribution in [0.4, 0.5) is 0 Å². The summed E-state index contributed by atoms with van der Waals surface area (Å²) < 4.78 is 15.9. The number of aliphatic hydroxyl groups is 1. The zero-order valence-corrected chi connectivity index (χ0v) is 19.2. The first kappa shape index (κ1) is 22.5. The van der Waals surface area contributed by atoms with Crippen molar-refractivity contribution in [3.63, 3.8) is 0 Å². The summed E-state index contributed by atoms with van der Waals surface area (Å²) in [5.41, 5.74) is 2.20. The lowest BCUT2D eigenvalue weighted by atomic mass is 9.94. The molecule has 8 nitrogen and oxygen atoms in total. The van der Waals surface area contributed by atoms with Crippen molar-refractivity contribution in [2.45, 2.75) is 32.0 Å². The van der Waals surface area contributed by atoms with Gasteiger partial charge < -0.3 is 23.9 Å². The third-order valence-electron chi connectivity index (χ3n) is 6.26. The molecule has 0 spiro atoms. The molecule has 3 aromatic rings. The molecule has 1 amide bonds. The van der Waals surface area contributed by atoms with Crippen molar-refractivity contribution in [1.29, 1.82) is 0 Å². The van der Waals surface area contributed by atoms with Gasteiger partial charge in [0, 0.05) is 12.0 Å². The highest BCUT2D eigenvalue weighted by molar-refractivity contribution is 6.46. The summed E-state index contributed by atoms with van der Waals surface area (Å²) in [4.78, 5) is 39.6. The molecular weight excluding hydrogens is 450 g/mol. The molecule has 5 rings (SSSR count). The molecule has 2 atom stereocenters. The molecule has 2 unspecified atom stereocenters. The van der Waals surface area contributed by atoms with E-state index in [9.17, 15) is 19.5 Å². The molecule has 2 aliphatic rings. The standard InChI is InChI=1S/C27H23NO7/c1-15-12-19-13-18(9-10-21(19)35-15)24(29)22-23(16-5-7-17(8-6-16)27(32)33-2)28(26(31)25(22)30)14-20-4-3-11-34-20/h3-11,13,15,23,29H,12,14H2,1-2H3/b24-22+. The van der Waals surface area contributed by atoms with Gasteiger partial charge in [0.05, 0.1) is 37.1 Å². The van der Waals surface area contributed by atoms with E-state index in [0.717, 1.165) is 11.3 Å². The zero-order valence-electron chi connectivity index (χ0n) is 19.2. The molecular formula is C27H23NO7. The van der Waals surface area contributed by atoms with Gasteiger partial charge in [-0.25, -0.2) is 4.79 Å². The average molecular weight is 473 g/mol. The number of likely N-dealkylation sites (tertiary alicyclic amines) is 1. The van der Waals surface area contributed by atoms with E-state index in [1.807, 2.05) is 6.92 Å². The Morgan fingerprint density at radius 2 is 1.86 bits per heavy atom. The van der Waals surface area contributed by atoms with Gasteiger partial charge in [-0.2, -0.15) is 0 Å². The summed E-state index contributed by atoms with van der Waals surface area (Å²) in [5.74, 6) is -1.08. The second kappa shape index (κ2) is 8.79. The van der Waals surface area contributed by atoms with Crippen LogP contribution in [-0.4, -0.2) is 40.9 Å². The highest BCUT2D eigenvalue weighted by atomic mass is 16.5. The monoisotopic (exact) mass is 473 g/mol. The number of fused-ring (bicyclic) bond motifs is 1. The lowest BCUT2D eigenvalue weighted by Gasteiger charge is -2.24. The summed E-state index contributed by atoms with van der Waals surface area (Å²) in [7, 11) is 1.29. The van der Waals surface area contributed by atoms with Gasteiger partial charge in [0.2, 0.25) is 0 Å². The Balaban J connectivity index is 1.61. The van der Waals surface area contributed by atoms with Gasteiger partial charge in [-0.15, -0.1) is 0 Å². The highest BCUT2D eigenvalue weighted by Crippen LogP contribution is 2.41. The van der Waals surface area contributed by atoms with Crippen molar-refractivity contribution >= 4 is 23.4 Å². The van der Waals surface area contributed by atoms with Gasteiger partial charge in [0.25, 0.3) is 11.7 Å². The smallest absolute Gasteiger partial charge is 0.337 e. The first-order valence-electron chi connectivity index (χ1n) is 11.2. The molecule has 2 aromatic carbocycles. The van der Waals surface area contributed by atoms with Crippen molar-refractivity contribution in [2.75, 3.05) is 7.11 Å². The maximum atomic E-state index is 13.2. The number of hydrogen-bond donors (Lipinski definition) is 1. The van der Waals surface area contributed by atoms with Crippen LogP contribution in [0.15, 0.2) is 70.9 Å². The van der Waals surface area contributed by atoms with Crippen LogP contribution in [0.25, 0.3) is 5.76 Å². The summed E-state index contributed by atoms with van der Waals surface area (Å²) in [6, 6.07) is 14.1. The predicted octanol–water partition coefficient (Wildman–Crippen LogP) is 4.01. The van der Waals surface area contributed by atoms with Crippen LogP contribution in [-0.2, 0) is 27.3 Å². The molecule has 1 N–H and O–H groups in total. The maximum Gasteiger partial charge on any atom is 0.337 e. The minimum Gasteiger partial charge on any atom is -0.507 e. The number of carbonyl (C=O) groups excluding carboxylic acids is 3. The van der Waals surface area contributed by atoms with E-state index in [-0.39, 0.29) is 24.0 Å². The topological polar surface area (TPSA) is 106 Å². The molecule has 8 heteroatoms. The molecule has 1 fully saturated rings. The molecule has 1 saturated heterocycles. The van der Waals surface area contributed by atoms with Crippen LogP contribution in [0.1, 0.15) is 45.8 Å². The molecule has 178 valence electrons. The number of aliphatic hydroxyl groups excluding tert-OH is 1. The second-order valence-electron chi connectivity index (χ2n) is 8.58. The van der Waals surface area contributed by atoms with Gasteiger partial charge in [0.1, 0.15) is 23.4 Å². The number of nitrogens with zero attached hydrogens (tertiary/aromatic N) is 1. The van der Waals surface area contributed by atoms with E-state index in [4.69, 9.17) is 13.9 Å². The van der Waals surface area contributed by atoms with E-state index in [1.54, 1.807) is 54.6 Å². The molecule has 0 aliphatic carbocycles. The summed E-state index contributed by atoms with van der Waals surface area (Å²) in [6.45, 7) is 1.99.